The van der Waals surface area contributed by atoms with Gasteiger partial charge in [0.2, 0.25) is 5.13 Å². The SMILES string of the molecule is C=c1[nH]n(-c2nc3ccccc3s2)c(=O)/c1=C(\C)Nc1cc(OC)cc(OC)c1. The van der Waals surface area contributed by atoms with Gasteiger partial charge in [0.1, 0.15) is 11.5 Å². The third-order valence-electron chi connectivity index (χ3n) is 4.50. The van der Waals surface area contributed by atoms with Gasteiger partial charge in [0.05, 0.1) is 35.0 Å². The van der Waals surface area contributed by atoms with Gasteiger partial charge >= 0.3 is 0 Å². The molecule has 8 heteroatoms. The second-order valence-corrected chi connectivity index (χ2v) is 7.43. The Labute approximate surface area is 170 Å². The topological polar surface area (TPSA) is 81.2 Å². The molecule has 148 valence electrons. The number of methoxy groups -OCH3 is 2. The first-order valence-electron chi connectivity index (χ1n) is 8.87. The number of hydrogen-bond acceptors (Lipinski definition) is 6. The van der Waals surface area contributed by atoms with Crippen molar-refractivity contribution in [3.8, 4) is 16.6 Å². The maximum atomic E-state index is 13.1. The van der Waals surface area contributed by atoms with Gasteiger partial charge in [0.25, 0.3) is 5.56 Å². The monoisotopic (exact) mass is 408 g/mol. The van der Waals surface area contributed by atoms with Crippen molar-refractivity contribution in [3.63, 3.8) is 0 Å². The molecular weight excluding hydrogens is 388 g/mol. The van der Waals surface area contributed by atoms with Gasteiger partial charge in [-0.3, -0.25) is 9.89 Å². The van der Waals surface area contributed by atoms with Gasteiger partial charge in [-0.2, -0.15) is 4.68 Å². The van der Waals surface area contributed by atoms with Crippen LogP contribution in [0, 0.1) is 0 Å². The van der Waals surface area contributed by atoms with E-state index in [1.807, 2.05) is 43.3 Å². The fourth-order valence-electron chi connectivity index (χ4n) is 3.12. The lowest BCUT2D eigenvalue weighted by Gasteiger charge is -2.10. The van der Waals surface area contributed by atoms with Crippen molar-refractivity contribution in [2.45, 2.75) is 6.92 Å². The lowest BCUT2D eigenvalue weighted by Crippen LogP contribution is -2.37. The average Bonchev–Trinajstić information content (AvgIpc) is 3.27. The molecule has 0 spiro atoms. The van der Waals surface area contributed by atoms with Crippen LogP contribution in [0.2, 0.25) is 0 Å². The fourth-order valence-corrected chi connectivity index (χ4v) is 4.04. The number of benzene rings is 2. The van der Waals surface area contributed by atoms with Crippen LogP contribution < -0.4 is 30.9 Å². The van der Waals surface area contributed by atoms with Gasteiger partial charge in [0, 0.05) is 29.6 Å². The molecule has 0 aliphatic carbocycles. The molecule has 0 fully saturated rings. The highest BCUT2D eigenvalue weighted by Gasteiger charge is 2.12. The Morgan fingerprint density at radius 3 is 2.52 bits per heavy atom. The number of nitrogens with one attached hydrogen (secondary N) is 2. The first kappa shape index (κ1) is 18.8. The van der Waals surface area contributed by atoms with Crippen LogP contribution in [-0.2, 0) is 0 Å². The van der Waals surface area contributed by atoms with Gasteiger partial charge in [-0.25, -0.2) is 4.98 Å². The Bertz CT molecular complexity index is 1310. The van der Waals surface area contributed by atoms with E-state index in [2.05, 4.69) is 22.0 Å². The van der Waals surface area contributed by atoms with E-state index in [9.17, 15) is 4.79 Å². The molecule has 0 saturated carbocycles. The Kier molecular flexibility index (Phi) is 4.85. The van der Waals surface area contributed by atoms with E-state index >= 15 is 0 Å². The zero-order valence-electron chi connectivity index (χ0n) is 16.3. The van der Waals surface area contributed by atoms with E-state index in [-0.39, 0.29) is 5.56 Å². The molecule has 0 saturated heterocycles. The highest BCUT2D eigenvalue weighted by Crippen LogP contribution is 2.26. The van der Waals surface area contributed by atoms with Gasteiger partial charge in [-0.15, -0.1) is 0 Å². The van der Waals surface area contributed by atoms with Crippen molar-refractivity contribution in [1.29, 1.82) is 0 Å². The maximum Gasteiger partial charge on any atom is 0.282 e. The summed E-state index contributed by atoms with van der Waals surface area (Å²) in [7, 11) is 3.18. The van der Waals surface area contributed by atoms with Crippen LogP contribution in [0.4, 0.5) is 5.69 Å². The molecule has 4 rings (SSSR count). The van der Waals surface area contributed by atoms with Crippen LogP contribution >= 0.6 is 11.3 Å². The smallest absolute Gasteiger partial charge is 0.282 e. The van der Waals surface area contributed by atoms with Crippen LogP contribution in [0.5, 0.6) is 11.5 Å². The summed E-state index contributed by atoms with van der Waals surface area (Å²) in [5, 5.41) is 7.82. The quantitative estimate of drug-likeness (QED) is 0.530. The number of aromatic amines is 1. The van der Waals surface area contributed by atoms with Crippen LogP contribution in [0.3, 0.4) is 0 Å². The minimum Gasteiger partial charge on any atom is -0.497 e. The van der Waals surface area contributed by atoms with Crippen molar-refractivity contribution in [2.24, 2.45) is 0 Å². The van der Waals surface area contributed by atoms with Gasteiger partial charge in [-0.05, 0) is 19.1 Å². The summed E-state index contributed by atoms with van der Waals surface area (Å²) in [6, 6.07) is 13.2. The molecule has 0 bridgehead atoms. The maximum absolute atomic E-state index is 13.1. The van der Waals surface area contributed by atoms with E-state index in [0.717, 1.165) is 15.9 Å². The standard InChI is InChI=1S/C21H20N4O3S/c1-12(22-14-9-15(27-3)11-16(10-14)28-4)19-13(2)24-25(20(19)26)21-23-17-7-5-6-8-18(17)29-21/h5-11,22,24H,2H2,1,3-4H3/b19-12+. The van der Waals surface area contributed by atoms with Crippen LogP contribution in [0.15, 0.2) is 47.3 Å². The summed E-state index contributed by atoms with van der Waals surface area (Å²) in [5.41, 5.74) is 2.04. The van der Waals surface area contributed by atoms with Crippen molar-refractivity contribution in [3.05, 3.63) is 63.4 Å². The molecule has 29 heavy (non-hydrogen) atoms. The largest absolute Gasteiger partial charge is 0.497 e. The lowest BCUT2D eigenvalue weighted by molar-refractivity contribution is 0.395. The molecule has 2 aromatic heterocycles. The summed E-state index contributed by atoms with van der Waals surface area (Å²) >= 11 is 1.44. The van der Waals surface area contributed by atoms with Gasteiger partial charge < -0.3 is 14.8 Å². The van der Waals surface area contributed by atoms with Crippen LogP contribution in [-0.4, -0.2) is 29.0 Å². The summed E-state index contributed by atoms with van der Waals surface area (Å²) in [5.74, 6) is 1.30. The third-order valence-corrected chi connectivity index (χ3v) is 5.52. The Morgan fingerprint density at radius 2 is 1.86 bits per heavy atom. The normalized spacial score (nSPS) is 12.1. The Balaban J connectivity index is 1.80. The van der Waals surface area contributed by atoms with Gasteiger partial charge in [-0.1, -0.05) is 30.0 Å². The number of anilines is 1. The first-order valence-corrected chi connectivity index (χ1v) is 9.68. The summed E-state index contributed by atoms with van der Waals surface area (Å²) in [6.07, 6.45) is 0. The van der Waals surface area contributed by atoms with E-state index in [4.69, 9.17) is 9.47 Å². The second-order valence-electron chi connectivity index (χ2n) is 6.42. The Hall–Kier alpha value is -3.52. The first-order chi connectivity index (χ1) is 14.0. The van der Waals surface area contributed by atoms with Crippen molar-refractivity contribution < 1.29 is 9.47 Å². The lowest BCUT2D eigenvalue weighted by atomic mass is 10.2. The van der Waals surface area contributed by atoms with E-state index in [1.54, 1.807) is 20.3 Å². The number of H-pyrrole nitrogens is 1. The summed E-state index contributed by atoms with van der Waals surface area (Å²) in [4.78, 5) is 17.6. The summed E-state index contributed by atoms with van der Waals surface area (Å²) in [6.45, 7) is 5.83. The third kappa shape index (κ3) is 3.50. The molecular formula is C21H20N4O3S. The number of hydrogen-bond donors (Lipinski definition) is 2. The number of aromatic nitrogens is 3. The Morgan fingerprint density at radius 1 is 1.17 bits per heavy atom. The minimum atomic E-state index is -0.214. The highest BCUT2D eigenvalue weighted by molar-refractivity contribution is 7.20. The number of ether oxygens (including phenoxy) is 2. The molecule has 4 aromatic rings. The van der Waals surface area contributed by atoms with Crippen LogP contribution in [0.1, 0.15) is 6.92 Å². The molecule has 0 radical (unpaired) electrons. The minimum absolute atomic E-state index is 0.214. The second kappa shape index (κ2) is 7.48. The van der Waals surface area contributed by atoms with E-state index < -0.39 is 0 Å². The fraction of sp³-hybridized carbons (Fsp3) is 0.143. The summed E-state index contributed by atoms with van der Waals surface area (Å²) < 4.78 is 13.0. The van der Waals surface area contributed by atoms with E-state index in [1.165, 1.54) is 16.0 Å². The number of rotatable bonds is 5. The highest BCUT2D eigenvalue weighted by atomic mass is 32.1. The predicted octanol–water partition coefficient (Wildman–Crippen LogP) is 2.44. The molecule has 7 nitrogen and oxygen atoms in total. The zero-order valence-corrected chi connectivity index (χ0v) is 17.1. The molecule has 0 unspecified atom stereocenters. The number of para-hydroxylation sites is 1. The van der Waals surface area contributed by atoms with Crippen molar-refractivity contribution in [2.75, 3.05) is 19.5 Å². The molecule has 2 N–H and O–H groups in total. The molecule has 0 amide bonds. The zero-order chi connectivity index (χ0) is 20.5. The number of nitrogens with zero attached hydrogens (tertiary/aromatic N) is 2. The van der Waals surface area contributed by atoms with Gasteiger partial charge in [0.15, 0.2) is 0 Å². The molecule has 0 aliphatic heterocycles. The van der Waals surface area contributed by atoms with Crippen LogP contribution in [0.25, 0.3) is 27.6 Å². The molecule has 2 aromatic carbocycles. The van der Waals surface area contributed by atoms with E-state index in [0.29, 0.717) is 32.9 Å². The number of thiazole rings is 1. The average molecular weight is 408 g/mol. The molecule has 0 aliphatic rings. The van der Waals surface area contributed by atoms with Crippen molar-refractivity contribution in [1.82, 2.24) is 14.8 Å². The molecule has 0 atom stereocenters. The number of fused-ring (bicyclic) bond motifs is 1. The van der Waals surface area contributed by atoms with Crippen molar-refractivity contribution >= 4 is 39.5 Å². The molecule has 2 heterocycles. The predicted molar refractivity (Wildman–Crippen MR) is 117 cm³/mol.